The predicted octanol–water partition coefficient (Wildman–Crippen LogP) is 2.99. The summed E-state index contributed by atoms with van der Waals surface area (Å²) in [4.78, 5) is 31.2. The third-order valence-corrected chi connectivity index (χ3v) is 5.71. The molecule has 2 heterocycles. The Morgan fingerprint density at radius 3 is 2.53 bits per heavy atom. The van der Waals surface area contributed by atoms with Gasteiger partial charge in [0.25, 0.3) is 5.91 Å². The quantitative estimate of drug-likeness (QED) is 0.776. The van der Waals surface area contributed by atoms with Gasteiger partial charge in [-0.15, -0.1) is 0 Å². The fraction of sp³-hybridized carbons (Fsp3) is 0.391. The molecule has 6 nitrogen and oxygen atoms in total. The third-order valence-electron chi connectivity index (χ3n) is 5.71. The van der Waals surface area contributed by atoms with E-state index in [1.54, 1.807) is 21.9 Å². The standard InChI is InChI=1S/C23H26FN3O3/c1-3-20-23(29)27(19-14-16(2)8-9-21(19)30-20)15-22(28)26-12-10-25(11-13-26)18-7-5-4-6-17(18)24/h4-9,14,20H,3,10-13,15H2,1-2H3/t20-/m1/s1. The Labute approximate surface area is 175 Å². The summed E-state index contributed by atoms with van der Waals surface area (Å²) >= 11 is 0. The monoisotopic (exact) mass is 411 g/mol. The molecule has 7 heteroatoms. The SMILES string of the molecule is CC[C@H]1Oc2ccc(C)cc2N(CC(=O)N2CCN(c3ccccc3F)CC2)C1=O. The number of para-hydroxylation sites is 1. The van der Waals surface area contributed by atoms with Gasteiger partial charge in [0.05, 0.1) is 11.4 Å². The molecule has 0 saturated carbocycles. The van der Waals surface area contributed by atoms with Crippen LogP contribution in [0.3, 0.4) is 0 Å². The zero-order chi connectivity index (χ0) is 21.3. The molecule has 1 fully saturated rings. The van der Waals surface area contributed by atoms with Crippen LogP contribution in [0.1, 0.15) is 18.9 Å². The van der Waals surface area contributed by atoms with E-state index < -0.39 is 6.10 Å². The Morgan fingerprint density at radius 2 is 1.83 bits per heavy atom. The summed E-state index contributed by atoms with van der Waals surface area (Å²) in [6.45, 7) is 5.90. The molecular weight excluding hydrogens is 385 g/mol. The van der Waals surface area contributed by atoms with Crippen molar-refractivity contribution in [1.29, 1.82) is 0 Å². The maximum Gasteiger partial charge on any atom is 0.268 e. The van der Waals surface area contributed by atoms with Crippen LogP contribution in [0.25, 0.3) is 0 Å². The van der Waals surface area contributed by atoms with Gasteiger partial charge in [0.15, 0.2) is 6.10 Å². The Bertz CT molecular complexity index is 956. The third kappa shape index (κ3) is 3.84. The molecular formula is C23H26FN3O3. The smallest absolute Gasteiger partial charge is 0.268 e. The number of ether oxygens (including phenoxy) is 1. The number of carbonyl (C=O) groups excluding carboxylic acids is 2. The van der Waals surface area contributed by atoms with E-state index in [0.717, 1.165) is 5.56 Å². The summed E-state index contributed by atoms with van der Waals surface area (Å²) in [6.07, 6.45) is -0.0380. The lowest BCUT2D eigenvalue weighted by atomic mass is 10.1. The van der Waals surface area contributed by atoms with Crippen molar-refractivity contribution in [2.75, 3.05) is 42.5 Å². The number of halogens is 1. The van der Waals surface area contributed by atoms with Gasteiger partial charge < -0.3 is 14.5 Å². The average molecular weight is 411 g/mol. The van der Waals surface area contributed by atoms with Gasteiger partial charge >= 0.3 is 0 Å². The fourth-order valence-electron chi connectivity index (χ4n) is 4.00. The molecule has 2 aromatic carbocycles. The number of benzene rings is 2. The molecule has 2 amide bonds. The van der Waals surface area contributed by atoms with E-state index in [1.807, 2.05) is 43.0 Å². The number of aryl methyl sites for hydroxylation is 1. The summed E-state index contributed by atoms with van der Waals surface area (Å²) in [5.41, 5.74) is 2.20. The van der Waals surface area contributed by atoms with Crippen LogP contribution in [-0.2, 0) is 9.59 Å². The first-order chi connectivity index (χ1) is 14.5. The van der Waals surface area contributed by atoms with Crippen molar-refractivity contribution in [2.24, 2.45) is 0 Å². The molecule has 2 aliphatic heterocycles. The molecule has 2 aliphatic rings. The Morgan fingerprint density at radius 1 is 1.10 bits per heavy atom. The lowest BCUT2D eigenvalue weighted by Crippen LogP contribution is -2.54. The van der Waals surface area contributed by atoms with Gasteiger partial charge in [-0.2, -0.15) is 0 Å². The highest BCUT2D eigenvalue weighted by atomic mass is 19.1. The minimum absolute atomic E-state index is 0.0190. The zero-order valence-corrected chi connectivity index (χ0v) is 17.3. The fourth-order valence-corrected chi connectivity index (χ4v) is 4.00. The van der Waals surface area contributed by atoms with E-state index >= 15 is 0 Å². The highest BCUT2D eigenvalue weighted by molar-refractivity contribution is 6.04. The molecule has 0 unspecified atom stereocenters. The van der Waals surface area contributed by atoms with Crippen LogP contribution in [0.2, 0.25) is 0 Å². The highest BCUT2D eigenvalue weighted by Crippen LogP contribution is 2.35. The van der Waals surface area contributed by atoms with E-state index in [4.69, 9.17) is 4.74 Å². The average Bonchev–Trinajstić information content (AvgIpc) is 2.76. The van der Waals surface area contributed by atoms with Crippen molar-refractivity contribution in [3.8, 4) is 5.75 Å². The summed E-state index contributed by atoms with van der Waals surface area (Å²) in [7, 11) is 0. The molecule has 4 rings (SSSR count). The molecule has 0 aromatic heterocycles. The molecule has 0 N–H and O–H groups in total. The molecule has 0 spiro atoms. The van der Waals surface area contributed by atoms with Gasteiger partial charge in [-0.1, -0.05) is 25.1 Å². The largest absolute Gasteiger partial charge is 0.478 e. The van der Waals surface area contributed by atoms with Crippen molar-refractivity contribution in [3.63, 3.8) is 0 Å². The van der Waals surface area contributed by atoms with Gasteiger partial charge in [-0.3, -0.25) is 14.5 Å². The summed E-state index contributed by atoms with van der Waals surface area (Å²) in [5, 5.41) is 0. The maximum atomic E-state index is 14.0. The first-order valence-corrected chi connectivity index (χ1v) is 10.3. The van der Waals surface area contributed by atoms with Crippen LogP contribution in [-0.4, -0.2) is 55.5 Å². The highest BCUT2D eigenvalue weighted by Gasteiger charge is 2.35. The minimum Gasteiger partial charge on any atom is -0.478 e. The molecule has 0 aliphatic carbocycles. The number of rotatable bonds is 4. The van der Waals surface area contributed by atoms with Crippen LogP contribution < -0.4 is 14.5 Å². The normalized spacial score (nSPS) is 18.8. The van der Waals surface area contributed by atoms with Crippen LogP contribution in [0, 0.1) is 12.7 Å². The zero-order valence-electron chi connectivity index (χ0n) is 17.3. The van der Waals surface area contributed by atoms with Crippen molar-refractivity contribution >= 4 is 23.2 Å². The molecule has 0 bridgehead atoms. The van der Waals surface area contributed by atoms with E-state index in [1.165, 1.54) is 6.07 Å². The second-order valence-electron chi connectivity index (χ2n) is 7.73. The number of fused-ring (bicyclic) bond motifs is 1. The lowest BCUT2D eigenvalue weighted by Gasteiger charge is -2.38. The van der Waals surface area contributed by atoms with E-state index in [9.17, 15) is 14.0 Å². The minimum atomic E-state index is -0.578. The molecule has 0 radical (unpaired) electrons. The van der Waals surface area contributed by atoms with Crippen LogP contribution in [0.5, 0.6) is 5.75 Å². The van der Waals surface area contributed by atoms with Gasteiger partial charge in [0.2, 0.25) is 5.91 Å². The molecule has 158 valence electrons. The number of amides is 2. The number of anilines is 2. The number of carbonyl (C=O) groups is 2. The van der Waals surface area contributed by atoms with Crippen molar-refractivity contribution in [2.45, 2.75) is 26.4 Å². The maximum absolute atomic E-state index is 14.0. The summed E-state index contributed by atoms with van der Waals surface area (Å²) in [5.74, 6) is 0.0766. The van der Waals surface area contributed by atoms with E-state index in [-0.39, 0.29) is 24.2 Å². The summed E-state index contributed by atoms with van der Waals surface area (Å²) in [6, 6.07) is 12.3. The predicted molar refractivity (Wildman–Crippen MR) is 113 cm³/mol. The van der Waals surface area contributed by atoms with Crippen molar-refractivity contribution in [3.05, 3.63) is 53.8 Å². The van der Waals surface area contributed by atoms with Crippen LogP contribution >= 0.6 is 0 Å². The summed E-state index contributed by atoms with van der Waals surface area (Å²) < 4.78 is 19.9. The van der Waals surface area contributed by atoms with Crippen LogP contribution in [0.15, 0.2) is 42.5 Å². The number of hydrogen-bond acceptors (Lipinski definition) is 4. The van der Waals surface area contributed by atoms with Gasteiger partial charge in [-0.25, -0.2) is 4.39 Å². The Kier molecular flexibility index (Phi) is 5.61. The Balaban J connectivity index is 1.46. The first kappa shape index (κ1) is 20.2. The van der Waals surface area contributed by atoms with Crippen molar-refractivity contribution in [1.82, 2.24) is 4.90 Å². The Hall–Kier alpha value is -3.09. The van der Waals surface area contributed by atoms with E-state index in [2.05, 4.69) is 0 Å². The molecule has 30 heavy (non-hydrogen) atoms. The van der Waals surface area contributed by atoms with E-state index in [0.29, 0.717) is 49.7 Å². The van der Waals surface area contributed by atoms with Gasteiger partial charge in [-0.05, 0) is 43.2 Å². The van der Waals surface area contributed by atoms with Gasteiger partial charge in [0, 0.05) is 26.2 Å². The number of hydrogen-bond donors (Lipinski definition) is 0. The van der Waals surface area contributed by atoms with Crippen molar-refractivity contribution < 1.29 is 18.7 Å². The second-order valence-corrected chi connectivity index (χ2v) is 7.73. The topological polar surface area (TPSA) is 53.1 Å². The van der Waals surface area contributed by atoms with Crippen LogP contribution in [0.4, 0.5) is 15.8 Å². The first-order valence-electron chi connectivity index (χ1n) is 10.3. The number of nitrogens with zero attached hydrogens (tertiary/aromatic N) is 3. The molecule has 1 saturated heterocycles. The van der Waals surface area contributed by atoms with Gasteiger partial charge in [0.1, 0.15) is 18.1 Å². The molecule has 2 aromatic rings. The molecule has 1 atom stereocenters. The second kappa shape index (κ2) is 8.34. The number of piperazine rings is 1. The lowest BCUT2D eigenvalue weighted by molar-refractivity contribution is -0.133.